The number of morpholine rings is 2. The van der Waals surface area contributed by atoms with Crippen molar-refractivity contribution in [2.75, 3.05) is 65.7 Å². The molecule has 4 saturated heterocycles. The second kappa shape index (κ2) is 10.8. The first-order valence-electron chi connectivity index (χ1n) is 15.0. The molecule has 4 atom stereocenters. The molecule has 6 aliphatic rings. The van der Waals surface area contributed by atoms with Crippen LogP contribution in [0.15, 0.2) is 23.8 Å². The van der Waals surface area contributed by atoms with Crippen LogP contribution in [-0.4, -0.2) is 111 Å². The number of carbonyl (C=O) groups is 2. The van der Waals surface area contributed by atoms with Crippen molar-refractivity contribution in [2.45, 2.75) is 68.9 Å². The molecule has 7 rings (SSSR count). The number of rotatable bonds is 12. The quantitative estimate of drug-likeness (QED) is 0.229. The standard InChI is InChI=1S/C31H40N2O6/c34-25(5-1-3-9-32-11-15-36-16-12-32)21-7-8-23-22(19-21)20-24-27(23)28-30(38-28)31(29(24)39-31)26(35)6-2-4-10-33-13-17-37-18-14-33/h7-8,19,28-30H,1-6,9-18,20H2. The first-order chi connectivity index (χ1) is 19.1. The van der Waals surface area contributed by atoms with Crippen LogP contribution in [0.1, 0.15) is 60.0 Å². The van der Waals surface area contributed by atoms with Crippen LogP contribution < -0.4 is 0 Å². The second-order valence-electron chi connectivity index (χ2n) is 11.9. The molecular weight excluding hydrogens is 496 g/mol. The molecule has 39 heavy (non-hydrogen) atoms. The molecule has 1 aromatic carbocycles. The van der Waals surface area contributed by atoms with E-state index in [4.69, 9.17) is 18.9 Å². The fraction of sp³-hybridized carbons (Fsp3) is 0.677. The molecule has 2 aliphatic carbocycles. The fourth-order valence-corrected chi connectivity index (χ4v) is 7.19. The van der Waals surface area contributed by atoms with Crippen molar-refractivity contribution in [3.63, 3.8) is 0 Å². The van der Waals surface area contributed by atoms with E-state index in [1.54, 1.807) is 0 Å². The Hall–Kier alpha value is -1.94. The maximum atomic E-state index is 13.4. The molecule has 0 saturated carbocycles. The van der Waals surface area contributed by atoms with E-state index in [1.807, 2.05) is 6.07 Å². The van der Waals surface area contributed by atoms with Gasteiger partial charge in [0.2, 0.25) is 0 Å². The predicted molar refractivity (Wildman–Crippen MR) is 145 cm³/mol. The van der Waals surface area contributed by atoms with Crippen LogP contribution in [0.4, 0.5) is 0 Å². The van der Waals surface area contributed by atoms with Crippen LogP contribution in [0.25, 0.3) is 5.57 Å². The largest absolute Gasteiger partial charge is 0.379 e. The highest BCUT2D eigenvalue weighted by molar-refractivity contribution is 6.00. The lowest BCUT2D eigenvalue weighted by atomic mass is 9.80. The van der Waals surface area contributed by atoms with Gasteiger partial charge in [0.15, 0.2) is 17.2 Å². The van der Waals surface area contributed by atoms with Gasteiger partial charge in [0.25, 0.3) is 0 Å². The molecule has 8 heteroatoms. The summed E-state index contributed by atoms with van der Waals surface area (Å²) >= 11 is 0. The van der Waals surface area contributed by atoms with E-state index in [-0.39, 0.29) is 29.9 Å². The summed E-state index contributed by atoms with van der Waals surface area (Å²) in [6.07, 6.45) is 5.39. The molecule has 8 nitrogen and oxygen atoms in total. The summed E-state index contributed by atoms with van der Waals surface area (Å²) in [4.78, 5) is 31.2. The van der Waals surface area contributed by atoms with Crippen LogP contribution >= 0.6 is 0 Å². The number of ketones is 2. The summed E-state index contributed by atoms with van der Waals surface area (Å²) in [5.41, 5.74) is 4.83. The molecule has 4 aliphatic heterocycles. The zero-order valence-electron chi connectivity index (χ0n) is 22.8. The third-order valence-electron chi connectivity index (χ3n) is 9.50. The van der Waals surface area contributed by atoms with Crippen LogP contribution in [0.3, 0.4) is 0 Å². The van der Waals surface area contributed by atoms with E-state index in [0.717, 1.165) is 103 Å². The van der Waals surface area contributed by atoms with Crippen LogP contribution in [0, 0.1) is 0 Å². The number of epoxide rings is 2. The minimum absolute atomic E-state index is 0.0426. The van der Waals surface area contributed by atoms with Crippen LogP contribution in [-0.2, 0) is 30.2 Å². The van der Waals surface area contributed by atoms with Gasteiger partial charge >= 0.3 is 0 Å². The number of hydrogen-bond donors (Lipinski definition) is 0. The van der Waals surface area contributed by atoms with Gasteiger partial charge in [0, 0.05) is 44.6 Å². The Kier molecular flexibility index (Phi) is 7.20. The number of Topliss-reactive ketones (excluding diaryl/α,β-unsaturated/α-hetero) is 2. The Bertz CT molecular complexity index is 1150. The minimum atomic E-state index is -0.760. The van der Waals surface area contributed by atoms with Crippen LogP contribution in [0.2, 0.25) is 0 Å². The first kappa shape index (κ1) is 26.0. The van der Waals surface area contributed by atoms with Gasteiger partial charge in [-0.25, -0.2) is 0 Å². The van der Waals surface area contributed by atoms with Crippen LogP contribution in [0.5, 0.6) is 0 Å². The molecule has 0 amide bonds. The van der Waals surface area contributed by atoms with Crippen molar-refractivity contribution in [2.24, 2.45) is 0 Å². The van der Waals surface area contributed by atoms with Gasteiger partial charge in [-0.2, -0.15) is 0 Å². The normalized spacial score (nSPS) is 31.3. The lowest BCUT2D eigenvalue weighted by molar-refractivity contribution is -0.125. The molecule has 1 aromatic rings. The third-order valence-corrected chi connectivity index (χ3v) is 9.50. The Balaban J connectivity index is 0.924. The number of unbranched alkanes of at least 4 members (excludes halogenated alkanes) is 2. The number of benzene rings is 1. The van der Waals surface area contributed by atoms with E-state index >= 15 is 0 Å². The van der Waals surface area contributed by atoms with Crippen molar-refractivity contribution < 1.29 is 28.5 Å². The average molecular weight is 537 g/mol. The summed E-state index contributed by atoms with van der Waals surface area (Å²) in [5.74, 6) is 0.423. The van der Waals surface area contributed by atoms with Gasteiger partial charge in [-0.15, -0.1) is 0 Å². The SMILES string of the molecule is O=C(CCCCN1CCOCC1)c1ccc2c(c1)CC1=C2C2OC2C2(C(=O)CCCCN3CCOCC3)OC12. The van der Waals surface area contributed by atoms with Gasteiger partial charge < -0.3 is 18.9 Å². The highest BCUT2D eigenvalue weighted by Gasteiger charge is 2.79. The monoisotopic (exact) mass is 536 g/mol. The highest BCUT2D eigenvalue weighted by atomic mass is 16.7. The van der Waals surface area contributed by atoms with E-state index < -0.39 is 5.60 Å². The van der Waals surface area contributed by atoms with E-state index in [0.29, 0.717) is 12.8 Å². The number of fused-ring (bicyclic) bond motifs is 7. The maximum Gasteiger partial charge on any atom is 0.186 e. The first-order valence-corrected chi connectivity index (χ1v) is 15.0. The summed E-state index contributed by atoms with van der Waals surface area (Å²) in [6, 6.07) is 6.15. The lowest BCUT2D eigenvalue weighted by Gasteiger charge is -2.26. The van der Waals surface area contributed by atoms with Crippen molar-refractivity contribution >= 4 is 17.1 Å². The van der Waals surface area contributed by atoms with Gasteiger partial charge in [-0.1, -0.05) is 12.1 Å². The van der Waals surface area contributed by atoms with Crippen molar-refractivity contribution in [1.29, 1.82) is 0 Å². The molecular formula is C31H40N2O6. The van der Waals surface area contributed by atoms with Crippen molar-refractivity contribution in [1.82, 2.24) is 9.80 Å². The summed E-state index contributed by atoms with van der Waals surface area (Å²) in [7, 11) is 0. The number of ether oxygens (including phenoxy) is 4. The van der Waals surface area contributed by atoms with Gasteiger partial charge in [0.1, 0.15) is 18.3 Å². The fourth-order valence-electron chi connectivity index (χ4n) is 7.19. The smallest absolute Gasteiger partial charge is 0.186 e. The Morgan fingerprint density at radius 1 is 0.872 bits per heavy atom. The predicted octanol–water partition coefficient (Wildman–Crippen LogP) is 2.67. The minimum Gasteiger partial charge on any atom is -0.379 e. The summed E-state index contributed by atoms with van der Waals surface area (Å²) in [6.45, 7) is 9.27. The molecule has 4 heterocycles. The molecule has 210 valence electrons. The zero-order valence-corrected chi connectivity index (χ0v) is 22.8. The zero-order chi connectivity index (χ0) is 26.4. The van der Waals surface area contributed by atoms with Gasteiger partial charge in [-0.05, 0) is 73.5 Å². The Morgan fingerprint density at radius 2 is 1.54 bits per heavy atom. The molecule has 0 spiro atoms. The topological polar surface area (TPSA) is 84.1 Å². The molecule has 4 unspecified atom stereocenters. The molecule has 0 aromatic heterocycles. The second-order valence-corrected chi connectivity index (χ2v) is 11.9. The molecule has 0 bridgehead atoms. The van der Waals surface area contributed by atoms with Gasteiger partial charge in [-0.3, -0.25) is 19.4 Å². The lowest BCUT2D eigenvalue weighted by Crippen LogP contribution is -2.38. The molecule has 0 radical (unpaired) electrons. The molecule has 4 fully saturated rings. The van der Waals surface area contributed by atoms with Crippen molar-refractivity contribution in [3.8, 4) is 0 Å². The summed E-state index contributed by atoms with van der Waals surface area (Å²) in [5, 5.41) is 0. The maximum absolute atomic E-state index is 13.4. The van der Waals surface area contributed by atoms with Gasteiger partial charge in [0.05, 0.1) is 26.4 Å². The Labute approximate surface area is 230 Å². The van der Waals surface area contributed by atoms with E-state index in [1.165, 1.54) is 22.3 Å². The highest BCUT2D eigenvalue weighted by Crippen LogP contribution is 2.64. The summed E-state index contributed by atoms with van der Waals surface area (Å²) < 4.78 is 23.2. The van der Waals surface area contributed by atoms with E-state index in [9.17, 15) is 9.59 Å². The molecule has 0 N–H and O–H groups in total. The van der Waals surface area contributed by atoms with Crippen molar-refractivity contribution in [3.05, 3.63) is 40.5 Å². The average Bonchev–Trinajstić information content (AvgIpc) is 3.89. The number of nitrogens with zero attached hydrogens (tertiary/aromatic N) is 2. The number of hydrogen-bond acceptors (Lipinski definition) is 8. The third kappa shape index (κ3) is 4.94. The number of carbonyl (C=O) groups excluding carboxylic acids is 2. The van der Waals surface area contributed by atoms with E-state index in [2.05, 4.69) is 21.9 Å². The Morgan fingerprint density at radius 3 is 2.23 bits per heavy atom.